The van der Waals surface area contributed by atoms with Crippen LogP contribution in [0.15, 0.2) is 11.4 Å². The van der Waals surface area contributed by atoms with Crippen LogP contribution in [-0.4, -0.2) is 5.78 Å². The van der Waals surface area contributed by atoms with Crippen LogP contribution in [0.2, 0.25) is 0 Å². The Bertz CT molecular complexity index is 310. The van der Waals surface area contributed by atoms with E-state index in [1.807, 2.05) is 19.9 Å². The molecule has 2 heteroatoms. The Morgan fingerprint density at radius 3 is 2.50 bits per heavy atom. The lowest BCUT2D eigenvalue weighted by Crippen LogP contribution is -2.04. The number of carbonyl (C=O) groups is 1. The van der Waals surface area contributed by atoms with Crippen LogP contribution in [0.4, 0.5) is 0 Å². The molecule has 0 aliphatic rings. The first-order valence-electron chi connectivity index (χ1n) is 5.12. The van der Waals surface area contributed by atoms with Gasteiger partial charge < -0.3 is 0 Å². The zero-order valence-electron chi connectivity index (χ0n) is 9.33. The van der Waals surface area contributed by atoms with Crippen molar-refractivity contribution in [2.45, 2.75) is 34.1 Å². The fraction of sp³-hybridized carbons (Fsp3) is 0.583. The molecule has 0 saturated carbocycles. The molecule has 0 aliphatic heterocycles. The normalized spacial score (nSPS) is 11.3. The van der Waals surface area contributed by atoms with Gasteiger partial charge in [-0.05, 0) is 29.3 Å². The zero-order chi connectivity index (χ0) is 10.7. The highest BCUT2D eigenvalue weighted by Crippen LogP contribution is 2.20. The van der Waals surface area contributed by atoms with Gasteiger partial charge in [-0.3, -0.25) is 4.79 Å². The maximum atomic E-state index is 11.7. The molecule has 1 rings (SSSR count). The van der Waals surface area contributed by atoms with Gasteiger partial charge in [-0.25, -0.2) is 0 Å². The van der Waals surface area contributed by atoms with Crippen LogP contribution in [0.25, 0.3) is 0 Å². The van der Waals surface area contributed by atoms with Gasteiger partial charge in [0.25, 0.3) is 0 Å². The summed E-state index contributed by atoms with van der Waals surface area (Å²) in [6, 6.07) is 2.05. The number of ketones is 1. The molecule has 0 N–H and O–H groups in total. The number of hydrogen-bond donors (Lipinski definition) is 0. The second kappa shape index (κ2) is 4.74. The van der Waals surface area contributed by atoms with Gasteiger partial charge in [0.15, 0.2) is 5.78 Å². The van der Waals surface area contributed by atoms with Crippen LogP contribution < -0.4 is 0 Å². The minimum Gasteiger partial charge on any atom is -0.293 e. The summed E-state index contributed by atoms with van der Waals surface area (Å²) in [6.07, 6.45) is 1.07. The Kier molecular flexibility index (Phi) is 3.87. The Morgan fingerprint density at radius 1 is 1.36 bits per heavy atom. The van der Waals surface area contributed by atoms with Crippen LogP contribution >= 0.6 is 11.3 Å². The number of carbonyl (C=O) groups excluding carboxylic acids is 1. The highest BCUT2D eigenvalue weighted by atomic mass is 32.1. The topological polar surface area (TPSA) is 17.1 Å². The first kappa shape index (κ1) is 11.4. The molecule has 0 amide bonds. The monoisotopic (exact) mass is 210 g/mol. The molecule has 0 fully saturated rings. The predicted molar refractivity (Wildman–Crippen MR) is 62.0 cm³/mol. The van der Waals surface area contributed by atoms with Gasteiger partial charge >= 0.3 is 0 Å². The van der Waals surface area contributed by atoms with Crippen molar-refractivity contribution in [2.24, 2.45) is 11.8 Å². The van der Waals surface area contributed by atoms with Crippen LogP contribution in [0, 0.1) is 11.8 Å². The largest absolute Gasteiger partial charge is 0.293 e. The molecule has 14 heavy (non-hydrogen) atoms. The summed E-state index contributed by atoms with van der Waals surface area (Å²) in [6.45, 7) is 8.29. The smallest absolute Gasteiger partial charge is 0.175 e. The van der Waals surface area contributed by atoms with E-state index in [0.717, 1.165) is 11.3 Å². The van der Waals surface area contributed by atoms with Gasteiger partial charge in [-0.15, -0.1) is 11.3 Å². The summed E-state index contributed by atoms with van der Waals surface area (Å²) < 4.78 is 0. The van der Waals surface area contributed by atoms with Crippen molar-refractivity contribution in [3.8, 4) is 0 Å². The Hall–Kier alpha value is -0.630. The molecule has 0 aliphatic carbocycles. The van der Waals surface area contributed by atoms with E-state index in [9.17, 15) is 4.79 Å². The van der Waals surface area contributed by atoms with E-state index in [1.54, 1.807) is 11.3 Å². The van der Waals surface area contributed by atoms with E-state index in [0.29, 0.717) is 5.92 Å². The molecular weight excluding hydrogens is 192 g/mol. The fourth-order valence-electron chi connectivity index (χ4n) is 1.37. The standard InChI is InChI=1S/C12H18OS/c1-8(2)5-10-6-11(14-7-10)12(13)9(3)4/h6-9H,5H2,1-4H3. The van der Waals surface area contributed by atoms with Crippen molar-refractivity contribution in [1.82, 2.24) is 0 Å². The Labute approximate surface area is 90.2 Å². The van der Waals surface area contributed by atoms with Crippen molar-refractivity contribution in [1.29, 1.82) is 0 Å². The van der Waals surface area contributed by atoms with Crippen molar-refractivity contribution in [3.05, 3.63) is 21.9 Å². The zero-order valence-corrected chi connectivity index (χ0v) is 10.1. The number of Topliss-reactive ketones (excluding diaryl/α,β-unsaturated/α-hetero) is 1. The minimum absolute atomic E-state index is 0.112. The molecule has 0 spiro atoms. The highest BCUT2D eigenvalue weighted by molar-refractivity contribution is 7.12. The van der Waals surface area contributed by atoms with E-state index in [2.05, 4.69) is 19.2 Å². The summed E-state index contributed by atoms with van der Waals surface area (Å²) in [4.78, 5) is 12.6. The van der Waals surface area contributed by atoms with Crippen molar-refractivity contribution < 1.29 is 4.79 Å². The second-order valence-corrected chi connectivity index (χ2v) is 5.35. The first-order chi connectivity index (χ1) is 6.50. The molecule has 1 nitrogen and oxygen atoms in total. The lowest BCUT2D eigenvalue weighted by molar-refractivity contribution is 0.0943. The van der Waals surface area contributed by atoms with Crippen molar-refractivity contribution in [2.75, 3.05) is 0 Å². The van der Waals surface area contributed by atoms with Gasteiger partial charge in [0, 0.05) is 5.92 Å². The highest BCUT2D eigenvalue weighted by Gasteiger charge is 2.12. The van der Waals surface area contributed by atoms with Crippen molar-refractivity contribution in [3.63, 3.8) is 0 Å². The molecule has 1 aromatic heterocycles. The summed E-state index contributed by atoms with van der Waals surface area (Å²) in [7, 11) is 0. The third-order valence-electron chi connectivity index (χ3n) is 2.06. The van der Waals surface area contributed by atoms with E-state index in [1.165, 1.54) is 5.56 Å². The summed E-state index contributed by atoms with van der Waals surface area (Å²) in [5.41, 5.74) is 1.30. The molecule has 0 saturated heterocycles. The Balaban J connectivity index is 2.73. The molecule has 0 atom stereocenters. The molecule has 0 unspecified atom stereocenters. The summed E-state index contributed by atoms with van der Waals surface area (Å²) in [5, 5.41) is 2.11. The number of thiophene rings is 1. The molecule has 78 valence electrons. The SMILES string of the molecule is CC(C)Cc1csc(C(=O)C(C)C)c1. The molecule has 1 heterocycles. The molecule has 0 aromatic carbocycles. The van der Waals surface area contributed by atoms with Gasteiger partial charge in [-0.2, -0.15) is 0 Å². The summed E-state index contributed by atoms with van der Waals surface area (Å²) >= 11 is 1.58. The predicted octanol–water partition coefficient (Wildman–Crippen LogP) is 3.79. The van der Waals surface area contributed by atoms with Gasteiger partial charge in [0.1, 0.15) is 0 Å². The summed E-state index contributed by atoms with van der Waals surface area (Å²) in [5.74, 6) is 1.04. The molecule has 1 aromatic rings. The molecule has 0 bridgehead atoms. The maximum absolute atomic E-state index is 11.7. The van der Waals surface area contributed by atoms with Crippen LogP contribution in [0.5, 0.6) is 0 Å². The third kappa shape index (κ3) is 2.95. The average molecular weight is 210 g/mol. The van der Waals surface area contributed by atoms with E-state index in [4.69, 9.17) is 0 Å². The lowest BCUT2D eigenvalue weighted by Gasteiger charge is -2.01. The van der Waals surface area contributed by atoms with E-state index >= 15 is 0 Å². The lowest BCUT2D eigenvalue weighted by atomic mass is 10.0. The van der Waals surface area contributed by atoms with Crippen LogP contribution in [0.3, 0.4) is 0 Å². The van der Waals surface area contributed by atoms with Crippen molar-refractivity contribution >= 4 is 17.1 Å². The van der Waals surface area contributed by atoms with Gasteiger partial charge in [0.2, 0.25) is 0 Å². The maximum Gasteiger partial charge on any atom is 0.175 e. The van der Waals surface area contributed by atoms with E-state index < -0.39 is 0 Å². The number of rotatable bonds is 4. The Morgan fingerprint density at radius 2 is 2.00 bits per heavy atom. The molecular formula is C12H18OS. The van der Waals surface area contributed by atoms with Crippen LogP contribution in [0.1, 0.15) is 42.9 Å². The van der Waals surface area contributed by atoms with E-state index in [-0.39, 0.29) is 11.7 Å². The quantitative estimate of drug-likeness (QED) is 0.691. The average Bonchev–Trinajstić information content (AvgIpc) is 2.50. The number of hydrogen-bond acceptors (Lipinski definition) is 2. The first-order valence-corrected chi connectivity index (χ1v) is 6.00. The minimum atomic E-state index is 0.112. The third-order valence-corrected chi connectivity index (χ3v) is 3.06. The second-order valence-electron chi connectivity index (χ2n) is 4.44. The van der Waals surface area contributed by atoms with Gasteiger partial charge in [-0.1, -0.05) is 27.7 Å². The fourth-order valence-corrected chi connectivity index (χ4v) is 2.38. The van der Waals surface area contributed by atoms with Gasteiger partial charge in [0.05, 0.1) is 4.88 Å². The van der Waals surface area contributed by atoms with Crippen LogP contribution in [-0.2, 0) is 6.42 Å². The molecule has 0 radical (unpaired) electrons.